The van der Waals surface area contributed by atoms with Crippen LogP contribution in [-0.2, 0) is 12.8 Å². The predicted octanol–water partition coefficient (Wildman–Crippen LogP) is 2.58. The highest BCUT2D eigenvalue weighted by atomic mass is 19.3. The van der Waals surface area contributed by atoms with Gasteiger partial charge in [0.1, 0.15) is 11.4 Å². The minimum absolute atomic E-state index is 0.282. The van der Waals surface area contributed by atoms with Crippen LogP contribution in [0.4, 0.5) is 23.4 Å². The quantitative estimate of drug-likeness (QED) is 0.819. The number of hydrogen-bond donors (Lipinski definition) is 2. The van der Waals surface area contributed by atoms with E-state index in [-0.39, 0.29) is 11.4 Å². The average molecular weight is 292 g/mol. The number of pyridine rings is 1. The van der Waals surface area contributed by atoms with E-state index in [2.05, 4.69) is 4.98 Å². The highest BCUT2D eigenvalue weighted by Crippen LogP contribution is 2.27. The highest BCUT2D eigenvalue weighted by molar-refractivity contribution is 5.93. The van der Waals surface area contributed by atoms with Crippen LogP contribution < -0.4 is 5.32 Å². The third-order valence-corrected chi connectivity index (χ3v) is 3.09. The molecule has 0 radical (unpaired) electrons. The van der Waals surface area contributed by atoms with Crippen molar-refractivity contribution in [1.82, 2.24) is 4.98 Å². The molecule has 1 aliphatic carbocycles. The van der Waals surface area contributed by atoms with Gasteiger partial charge >= 0.3 is 18.3 Å². The summed E-state index contributed by atoms with van der Waals surface area (Å²) in [6.07, 6.45) is -1.72. The van der Waals surface area contributed by atoms with Gasteiger partial charge in [0.2, 0.25) is 0 Å². The Labute approximate surface area is 111 Å². The Kier molecular flexibility index (Phi) is 3.82. The van der Waals surface area contributed by atoms with E-state index in [1.165, 1.54) is 6.07 Å². The van der Waals surface area contributed by atoms with Crippen LogP contribution in [0.1, 0.15) is 28.0 Å². The van der Waals surface area contributed by atoms with Gasteiger partial charge in [-0.2, -0.15) is 8.78 Å². The molecule has 0 unspecified atom stereocenters. The molecule has 4 nitrogen and oxygen atoms in total. The molecule has 20 heavy (non-hydrogen) atoms. The number of nitrogens with one attached hydrogen (secondary N) is 1. The van der Waals surface area contributed by atoms with Crippen molar-refractivity contribution in [2.24, 2.45) is 0 Å². The summed E-state index contributed by atoms with van der Waals surface area (Å²) in [5, 5.41) is 11.0. The van der Waals surface area contributed by atoms with Crippen LogP contribution in [0.5, 0.6) is 0 Å². The number of aryl methyl sites for hydroxylation is 2. The first-order chi connectivity index (χ1) is 9.31. The number of rotatable bonds is 5. The van der Waals surface area contributed by atoms with E-state index in [1.807, 2.05) is 5.32 Å². The Morgan fingerprint density at radius 1 is 1.45 bits per heavy atom. The number of anilines is 1. The predicted molar refractivity (Wildman–Crippen MR) is 62.7 cm³/mol. The zero-order valence-corrected chi connectivity index (χ0v) is 10.3. The minimum Gasteiger partial charge on any atom is -0.478 e. The van der Waals surface area contributed by atoms with Gasteiger partial charge in [0.15, 0.2) is 0 Å². The fraction of sp³-hybridized carbons (Fsp3) is 0.500. The second-order valence-corrected chi connectivity index (χ2v) is 4.56. The van der Waals surface area contributed by atoms with Crippen LogP contribution in [0.3, 0.4) is 0 Å². The van der Waals surface area contributed by atoms with E-state index in [9.17, 15) is 22.4 Å². The van der Waals surface area contributed by atoms with Crippen molar-refractivity contribution in [2.45, 2.75) is 31.6 Å². The maximum absolute atomic E-state index is 12.9. The molecule has 1 aromatic heterocycles. The van der Waals surface area contributed by atoms with E-state index in [4.69, 9.17) is 5.11 Å². The molecule has 8 heteroatoms. The zero-order chi connectivity index (χ0) is 14.9. The number of carbonyl (C=O) groups is 1. The molecule has 2 rings (SSSR count). The lowest BCUT2D eigenvalue weighted by atomic mass is 10.1. The highest BCUT2D eigenvalue weighted by Gasteiger charge is 2.40. The summed E-state index contributed by atoms with van der Waals surface area (Å²) in [5.74, 6) is -5.87. The third kappa shape index (κ3) is 2.83. The molecule has 1 aliphatic rings. The van der Waals surface area contributed by atoms with E-state index in [0.29, 0.717) is 18.5 Å². The molecule has 0 saturated carbocycles. The van der Waals surface area contributed by atoms with Crippen molar-refractivity contribution in [2.75, 3.05) is 11.9 Å². The summed E-state index contributed by atoms with van der Waals surface area (Å²) >= 11 is 0. The lowest BCUT2D eigenvalue weighted by molar-refractivity contribution is -0.117. The summed E-state index contributed by atoms with van der Waals surface area (Å²) in [7, 11) is 0. The van der Waals surface area contributed by atoms with E-state index in [0.717, 1.165) is 12.0 Å². The number of halogens is 4. The topological polar surface area (TPSA) is 62.2 Å². The SMILES string of the molecule is O=C(O)c1cc2c(nc1NCC(F)(F)C(F)F)CCC2. The van der Waals surface area contributed by atoms with Crippen LogP contribution >= 0.6 is 0 Å². The number of aromatic nitrogens is 1. The van der Waals surface area contributed by atoms with E-state index >= 15 is 0 Å². The second kappa shape index (κ2) is 5.26. The van der Waals surface area contributed by atoms with Gasteiger partial charge in [-0.1, -0.05) is 0 Å². The molecule has 1 heterocycles. The molecular weight excluding hydrogens is 280 g/mol. The summed E-state index contributed by atoms with van der Waals surface area (Å²) in [6.45, 7) is -1.36. The van der Waals surface area contributed by atoms with Crippen molar-refractivity contribution < 1.29 is 27.5 Å². The largest absolute Gasteiger partial charge is 0.478 e. The van der Waals surface area contributed by atoms with Crippen molar-refractivity contribution in [1.29, 1.82) is 0 Å². The number of alkyl halides is 4. The maximum Gasteiger partial charge on any atom is 0.339 e. The molecule has 0 spiro atoms. The molecule has 0 saturated heterocycles. The van der Waals surface area contributed by atoms with Crippen LogP contribution in [0.2, 0.25) is 0 Å². The monoisotopic (exact) mass is 292 g/mol. The van der Waals surface area contributed by atoms with Gasteiger partial charge in [-0.05, 0) is 30.9 Å². The maximum atomic E-state index is 12.9. The van der Waals surface area contributed by atoms with Crippen molar-refractivity contribution >= 4 is 11.8 Å². The summed E-state index contributed by atoms with van der Waals surface area (Å²) < 4.78 is 49.8. The summed E-state index contributed by atoms with van der Waals surface area (Å²) in [4.78, 5) is 15.0. The Bertz CT molecular complexity index is 534. The molecule has 0 fully saturated rings. The van der Waals surface area contributed by atoms with Crippen molar-refractivity contribution in [3.8, 4) is 0 Å². The van der Waals surface area contributed by atoms with E-state index in [1.54, 1.807) is 0 Å². The zero-order valence-electron chi connectivity index (χ0n) is 10.3. The first kappa shape index (κ1) is 14.5. The molecule has 0 bridgehead atoms. The van der Waals surface area contributed by atoms with Gasteiger partial charge in [-0.3, -0.25) is 0 Å². The molecule has 0 aliphatic heterocycles. The molecule has 0 atom stereocenters. The van der Waals surface area contributed by atoms with Crippen LogP contribution in [0.15, 0.2) is 6.07 Å². The van der Waals surface area contributed by atoms with Crippen molar-refractivity contribution in [3.63, 3.8) is 0 Å². The number of nitrogens with zero attached hydrogens (tertiary/aromatic N) is 1. The van der Waals surface area contributed by atoms with Crippen molar-refractivity contribution in [3.05, 3.63) is 22.9 Å². The van der Waals surface area contributed by atoms with Crippen LogP contribution in [0.25, 0.3) is 0 Å². The first-order valence-corrected chi connectivity index (χ1v) is 5.97. The second-order valence-electron chi connectivity index (χ2n) is 4.56. The first-order valence-electron chi connectivity index (χ1n) is 5.97. The van der Waals surface area contributed by atoms with Crippen LogP contribution in [-0.4, -0.2) is 35.0 Å². The summed E-state index contributed by atoms with van der Waals surface area (Å²) in [6, 6.07) is 1.36. The lowest BCUT2D eigenvalue weighted by Crippen LogP contribution is -2.35. The normalized spacial score (nSPS) is 14.4. The molecule has 110 valence electrons. The van der Waals surface area contributed by atoms with Gasteiger partial charge in [0, 0.05) is 5.69 Å². The number of carboxylic acid groups (broad SMARTS) is 1. The minimum atomic E-state index is -4.24. The van der Waals surface area contributed by atoms with Gasteiger partial charge in [-0.15, -0.1) is 0 Å². The Morgan fingerprint density at radius 2 is 2.15 bits per heavy atom. The van der Waals surface area contributed by atoms with Gasteiger partial charge in [-0.25, -0.2) is 18.6 Å². The Balaban J connectivity index is 2.25. The number of aromatic carboxylic acids is 1. The summed E-state index contributed by atoms with van der Waals surface area (Å²) in [5.41, 5.74) is 1.10. The lowest BCUT2D eigenvalue weighted by Gasteiger charge is -2.17. The fourth-order valence-corrected chi connectivity index (χ4v) is 2.05. The van der Waals surface area contributed by atoms with E-state index < -0.39 is 24.9 Å². The Hall–Kier alpha value is -1.86. The number of hydrogen-bond acceptors (Lipinski definition) is 3. The number of fused-ring (bicyclic) bond motifs is 1. The van der Waals surface area contributed by atoms with Gasteiger partial charge in [0.25, 0.3) is 0 Å². The molecule has 1 aromatic rings. The molecule has 2 N–H and O–H groups in total. The third-order valence-electron chi connectivity index (χ3n) is 3.09. The smallest absolute Gasteiger partial charge is 0.339 e. The molecular formula is C12H12F4N2O2. The van der Waals surface area contributed by atoms with Crippen LogP contribution in [0, 0.1) is 0 Å². The standard InChI is InChI=1S/C12H12F4N2O2/c13-11(14)12(15,16)5-17-9-7(10(19)20)4-6-2-1-3-8(6)18-9/h4,11H,1-3,5H2,(H,17,18)(H,19,20). The number of carboxylic acids is 1. The fourth-order valence-electron chi connectivity index (χ4n) is 2.05. The molecule has 0 aromatic carbocycles. The Morgan fingerprint density at radius 3 is 2.75 bits per heavy atom. The molecule has 0 amide bonds. The van der Waals surface area contributed by atoms with Gasteiger partial charge in [0.05, 0.1) is 6.54 Å². The van der Waals surface area contributed by atoms with Gasteiger partial charge < -0.3 is 10.4 Å². The average Bonchev–Trinajstić information content (AvgIpc) is 2.81.